The van der Waals surface area contributed by atoms with E-state index in [-0.39, 0.29) is 54.2 Å². The number of aliphatic hydroxyl groups excluding tert-OH is 1. The summed E-state index contributed by atoms with van der Waals surface area (Å²) in [5.74, 6) is 0.419. The summed E-state index contributed by atoms with van der Waals surface area (Å²) in [4.78, 5) is 25.3. The number of hydrogen-bond donors (Lipinski definition) is 1. The highest BCUT2D eigenvalue weighted by atomic mass is 32.2. The molecular weight excluding hydrogens is 404 g/mol. The number of allylic oxidation sites excluding steroid dienone is 4. The number of carbonyl (C=O) groups is 2. The molecule has 0 radical (unpaired) electrons. The number of rotatable bonds is 4. The van der Waals surface area contributed by atoms with Gasteiger partial charge in [0.25, 0.3) is 0 Å². The first-order chi connectivity index (χ1) is 14.3. The minimum Gasteiger partial charge on any atom is -0.393 e. The monoisotopic (exact) mass is 434 g/mol. The van der Waals surface area contributed by atoms with Crippen molar-refractivity contribution in [3.8, 4) is 0 Å². The van der Waals surface area contributed by atoms with Gasteiger partial charge in [-0.25, -0.2) is 0 Å². The quantitative estimate of drug-likeness (QED) is 0.682. The Morgan fingerprint density at radius 1 is 1.40 bits per heavy atom. The predicted molar refractivity (Wildman–Crippen MR) is 111 cm³/mol. The Balaban J connectivity index is 1.54. The molecule has 5 rings (SSSR count). The topological polar surface area (TPSA) is 82.1 Å². The second-order valence-electron chi connectivity index (χ2n) is 9.95. The fraction of sp³-hybridized carbons (Fsp3) is 0.739. The van der Waals surface area contributed by atoms with E-state index < -0.39 is 17.1 Å². The lowest BCUT2D eigenvalue weighted by atomic mass is 9.46. The van der Waals surface area contributed by atoms with Crippen molar-refractivity contribution in [2.24, 2.45) is 28.6 Å². The van der Waals surface area contributed by atoms with Crippen LogP contribution in [0.2, 0.25) is 0 Å². The van der Waals surface area contributed by atoms with Gasteiger partial charge in [0.05, 0.1) is 12.2 Å². The van der Waals surface area contributed by atoms with Gasteiger partial charge in [0.2, 0.25) is 0 Å². The summed E-state index contributed by atoms with van der Waals surface area (Å²) < 4.78 is 17.5. The van der Waals surface area contributed by atoms with Crippen molar-refractivity contribution in [3.05, 3.63) is 23.8 Å². The van der Waals surface area contributed by atoms with Gasteiger partial charge in [0.15, 0.2) is 17.2 Å². The Kier molecular flexibility index (Phi) is 4.88. The zero-order chi connectivity index (χ0) is 21.3. The highest BCUT2D eigenvalue weighted by Crippen LogP contribution is 2.69. The fourth-order valence-electron chi connectivity index (χ4n) is 7.75. The minimum atomic E-state index is -1.06. The van der Waals surface area contributed by atoms with Crippen LogP contribution in [0.15, 0.2) is 23.8 Å². The number of ketones is 2. The molecule has 3 saturated carbocycles. The zero-order valence-electron chi connectivity index (χ0n) is 17.8. The molecule has 0 bridgehead atoms. The molecule has 4 aliphatic carbocycles. The second kappa shape index (κ2) is 7.01. The third-order valence-electron chi connectivity index (χ3n) is 8.93. The molecule has 1 aliphatic heterocycles. The molecule has 1 heterocycles. The first-order valence-electron chi connectivity index (χ1n) is 10.8. The Hall–Kier alpha value is -0.990. The SMILES string of the molecule is CSOCC(=O)C12OCOC1CC1C3CCC4=CC(=O)C=CC4(C)C3C(O)CC12C. The fourth-order valence-corrected chi connectivity index (χ4v) is 7.97. The van der Waals surface area contributed by atoms with Crippen LogP contribution in [0.4, 0.5) is 0 Å². The number of fused-ring (bicyclic) bond motifs is 7. The largest absolute Gasteiger partial charge is 0.393 e. The average molecular weight is 435 g/mol. The third-order valence-corrected chi connectivity index (χ3v) is 9.29. The number of Topliss-reactive ketones (excluding diaryl/α,β-unsaturated/α-hetero) is 1. The Bertz CT molecular complexity index is 838. The highest BCUT2D eigenvalue weighted by molar-refractivity contribution is 7.93. The molecule has 8 unspecified atom stereocenters. The predicted octanol–water partition coefficient (Wildman–Crippen LogP) is 2.85. The van der Waals surface area contributed by atoms with E-state index >= 15 is 0 Å². The van der Waals surface area contributed by atoms with Gasteiger partial charge >= 0.3 is 0 Å². The van der Waals surface area contributed by atoms with Crippen molar-refractivity contribution in [3.63, 3.8) is 0 Å². The van der Waals surface area contributed by atoms with E-state index in [1.165, 1.54) is 12.0 Å². The van der Waals surface area contributed by atoms with Crippen LogP contribution in [0.3, 0.4) is 0 Å². The van der Waals surface area contributed by atoms with Crippen molar-refractivity contribution in [1.29, 1.82) is 0 Å². The summed E-state index contributed by atoms with van der Waals surface area (Å²) in [5.41, 5.74) is -0.770. The molecule has 30 heavy (non-hydrogen) atoms. The van der Waals surface area contributed by atoms with Crippen LogP contribution in [-0.2, 0) is 23.2 Å². The molecule has 4 fully saturated rings. The molecule has 6 nitrogen and oxygen atoms in total. The summed E-state index contributed by atoms with van der Waals surface area (Å²) in [7, 11) is 0. The molecule has 0 aromatic carbocycles. The van der Waals surface area contributed by atoms with E-state index in [0.29, 0.717) is 6.42 Å². The molecule has 164 valence electrons. The molecule has 5 aliphatic rings. The lowest BCUT2D eigenvalue weighted by Gasteiger charge is -2.59. The van der Waals surface area contributed by atoms with Crippen molar-refractivity contribution < 1.29 is 28.4 Å². The Morgan fingerprint density at radius 2 is 2.20 bits per heavy atom. The van der Waals surface area contributed by atoms with Crippen LogP contribution in [0.25, 0.3) is 0 Å². The van der Waals surface area contributed by atoms with Crippen molar-refractivity contribution in [2.45, 2.75) is 57.3 Å². The normalized spacial score (nSPS) is 49.1. The zero-order valence-corrected chi connectivity index (χ0v) is 18.6. The number of hydrogen-bond acceptors (Lipinski definition) is 7. The van der Waals surface area contributed by atoms with Crippen LogP contribution in [0.1, 0.15) is 39.5 Å². The number of ether oxygens (including phenoxy) is 2. The molecule has 8 atom stereocenters. The van der Waals surface area contributed by atoms with E-state index in [1.54, 1.807) is 18.4 Å². The van der Waals surface area contributed by atoms with Gasteiger partial charge in [0.1, 0.15) is 13.4 Å². The van der Waals surface area contributed by atoms with Crippen LogP contribution in [-0.4, -0.2) is 54.1 Å². The third kappa shape index (κ3) is 2.53. The van der Waals surface area contributed by atoms with E-state index in [2.05, 4.69) is 13.8 Å². The smallest absolute Gasteiger partial charge is 0.194 e. The van der Waals surface area contributed by atoms with Crippen molar-refractivity contribution >= 4 is 23.6 Å². The van der Waals surface area contributed by atoms with Gasteiger partial charge in [-0.1, -0.05) is 25.5 Å². The first-order valence-corrected chi connectivity index (χ1v) is 12.0. The van der Waals surface area contributed by atoms with Gasteiger partial charge in [-0.15, -0.1) is 0 Å². The van der Waals surface area contributed by atoms with Crippen molar-refractivity contribution in [1.82, 2.24) is 0 Å². The van der Waals surface area contributed by atoms with E-state index in [0.717, 1.165) is 24.8 Å². The summed E-state index contributed by atoms with van der Waals surface area (Å²) >= 11 is 1.17. The van der Waals surface area contributed by atoms with E-state index in [1.807, 2.05) is 6.08 Å². The van der Waals surface area contributed by atoms with Crippen molar-refractivity contribution in [2.75, 3.05) is 19.7 Å². The van der Waals surface area contributed by atoms with Crippen LogP contribution in [0, 0.1) is 28.6 Å². The lowest BCUT2D eigenvalue weighted by molar-refractivity contribution is -0.184. The maximum atomic E-state index is 13.4. The van der Waals surface area contributed by atoms with Gasteiger partial charge in [-0.3, -0.25) is 9.59 Å². The summed E-state index contributed by atoms with van der Waals surface area (Å²) in [6.45, 7) is 4.35. The highest BCUT2D eigenvalue weighted by Gasteiger charge is 2.74. The molecule has 0 aromatic heterocycles. The Labute approximate surface area is 181 Å². The molecular formula is C23H30O6S. The minimum absolute atomic E-state index is 0.0216. The maximum Gasteiger partial charge on any atom is 0.194 e. The second-order valence-corrected chi connectivity index (χ2v) is 10.5. The number of aliphatic hydroxyl groups is 1. The number of carbonyl (C=O) groups excluding carboxylic acids is 2. The van der Waals surface area contributed by atoms with Gasteiger partial charge in [0, 0.05) is 23.0 Å². The molecule has 0 spiro atoms. The summed E-state index contributed by atoms with van der Waals surface area (Å²) in [6.07, 6.45) is 9.30. The standard InChI is InChI=1S/C23H30O6S/c1-21-7-6-14(24)8-13(21)4-5-15-16-9-19-23(28-12-27-19,18(26)11-29-30-3)22(16,2)10-17(25)20(15)21/h6-8,15-17,19-20,25H,4-5,9-12H2,1-3H3. The summed E-state index contributed by atoms with van der Waals surface area (Å²) in [5, 5.41) is 11.5. The molecule has 7 heteroatoms. The van der Waals surface area contributed by atoms with E-state index in [9.17, 15) is 14.7 Å². The van der Waals surface area contributed by atoms with Crippen LogP contribution < -0.4 is 0 Å². The lowest BCUT2D eigenvalue weighted by Crippen LogP contribution is -2.63. The van der Waals surface area contributed by atoms with Gasteiger partial charge in [-0.05, 0) is 61.7 Å². The first kappa shape index (κ1) is 20.9. The molecule has 0 aromatic rings. The van der Waals surface area contributed by atoms with E-state index in [4.69, 9.17) is 13.7 Å². The van der Waals surface area contributed by atoms with Crippen LogP contribution in [0.5, 0.6) is 0 Å². The van der Waals surface area contributed by atoms with Crippen LogP contribution >= 0.6 is 12.0 Å². The Morgan fingerprint density at radius 3 is 2.97 bits per heavy atom. The maximum absolute atomic E-state index is 13.4. The van der Waals surface area contributed by atoms with Gasteiger partial charge in [-0.2, -0.15) is 0 Å². The molecule has 0 amide bonds. The molecule has 1 saturated heterocycles. The van der Waals surface area contributed by atoms with Gasteiger partial charge < -0.3 is 18.8 Å². The summed E-state index contributed by atoms with van der Waals surface area (Å²) in [6, 6.07) is 0. The molecule has 1 N–H and O–H groups in total. The average Bonchev–Trinajstić information content (AvgIpc) is 3.23.